The van der Waals surface area contributed by atoms with Crippen molar-refractivity contribution >= 4 is 12.4 Å². The van der Waals surface area contributed by atoms with Gasteiger partial charge in [0, 0.05) is 24.7 Å². The normalized spacial score (nSPS) is 11.2. The van der Waals surface area contributed by atoms with Crippen LogP contribution in [0.15, 0.2) is 24.3 Å². The molecule has 1 N–H and O–H groups in total. The molecule has 0 unspecified atom stereocenters. The maximum Gasteiger partial charge on any atom is 0.212 e. The Bertz CT molecular complexity index is 668. The standard InChI is InChI=1S/C17H23F2N3O.ClH/c1-17(2,3)11-22-16(8-14(21-22)9-20-4)23-10-12-7-13(18)5-6-15(12)19;/h5-8,20H,9-11H2,1-4H3;1H. The molecule has 4 nitrogen and oxygen atoms in total. The molecule has 2 rings (SSSR count). The molecule has 0 spiro atoms. The molecule has 7 heteroatoms. The number of nitrogens with one attached hydrogen (secondary N) is 1. The molecular formula is C17H24ClF2N3O. The topological polar surface area (TPSA) is 39.1 Å². The Labute approximate surface area is 147 Å². The highest BCUT2D eigenvalue weighted by molar-refractivity contribution is 5.85. The van der Waals surface area contributed by atoms with E-state index in [0.29, 0.717) is 19.0 Å². The van der Waals surface area contributed by atoms with Gasteiger partial charge in [-0.3, -0.25) is 0 Å². The SMILES string of the molecule is CNCc1cc(OCc2cc(F)ccc2F)n(CC(C)(C)C)n1.Cl. The number of ether oxygens (including phenoxy) is 1. The predicted molar refractivity (Wildman–Crippen MR) is 92.4 cm³/mol. The Morgan fingerprint density at radius 1 is 1.21 bits per heavy atom. The molecule has 0 amide bonds. The summed E-state index contributed by atoms with van der Waals surface area (Å²) in [6.07, 6.45) is 0. The van der Waals surface area contributed by atoms with E-state index >= 15 is 0 Å². The van der Waals surface area contributed by atoms with E-state index in [1.54, 1.807) is 4.68 Å². The first-order valence-corrected chi connectivity index (χ1v) is 7.56. The average Bonchev–Trinajstić information content (AvgIpc) is 2.80. The molecule has 0 aliphatic heterocycles. The Hall–Kier alpha value is -1.66. The third-order valence-electron chi connectivity index (χ3n) is 3.16. The predicted octanol–water partition coefficient (Wildman–Crippen LogP) is 3.93. The fraction of sp³-hybridized carbons (Fsp3) is 0.471. The monoisotopic (exact) mass is 359 g/mol. The van der Waals surface area contributed by atoms with Crippen LogP contribution in [0.3, 0.4) is 0 Å². The van der Waals surface area contributed by atoms with Crippen LogP contribution in [0, 0.1) is 17.0 Å². The fourth-order valence-corrected chi connectivity index (χ4v) is 2.20. The average molecular weight is 360 g/mol. The van der Waals surface area contributed by atoms with Crippen LogP contribution in [0.1, 0.15) is 32.0 Å². The van der Waals surface area contributed by atoms with Gasteiger partial charge in [-0.05, 0) is 30.7 Å². The molecule has 134 valence electrons. The first kappa shape index (κ1) is 20.4. The highest BCUT2D eigenvalue weighted by atomic mass is 35.5. The van der Waals surface area contributed by atoms with Crippen molar-refractivity contribution in [3.63, 3.8) is 0 Å². The lowest BCUT2D eigenvalue weighted by molar-refractivity contribution is 0.239. The Kier molecular flexibility index (Phi) is 7.17. The second-order valence-corrected chi connectivity index (χ2v) is 6.75. The largest absolute Gasteiger partial charge is 0.473 e. The summed E-state index contributed by atoms with van der Waals surface area (Å²) in [6, 6.07) is 5.16. The van der Waals surface area contributed by atoms with Crippen molar-refractivity contribution in [1.82, 2.24) is 15.1 Å². The summed E-state index contributed by atoms with van der Waals surface area (Å²) in [7, 11) is 1.84. The summed E-state index contributed by atoms with van der Waals surface area (Å²) in [6.45, 7) is 7.53. The van der Waals surface area contributed by atoms with Gasteiger partial charge in [0.1, 0.15) is 18.2 Å². The molecule has 0 saturated carbocycles. The second kappa shape index (κ2) is 8.44. The third kappa shape index (κ3) is 5.76. The van der Waals surface area contributed by atoms with E-state index in [2.05, 4.69) is 31.2 Å². The van der Waals surface area contributed by atoms with Crippen LogP contribution in [0.25, 0.3) is 0 Å². The molecule has 2 aromatic rings. The molecule has 0 fully saturated rings. The molecular weight excluding hydrogens is 336 g/mol. The van der Waals surface area contributed by atoms with Crippen molar-refractivity contribution < 1.29 is 13.5 Å². The first-order valence-electron chi connectivity index (χ1n) is 7.56. The minimum Gasteiger partial charge on any atom is -0.473 e. The number of hydrogen-bond donors (Lipinski definition) is 1. The van der Waals surface area contributed by atoms with Gasteiger partial charge < -0.3 is 10.1 Å². The lowest BCUT2D eigenvalue weighted by Crippen LogP contribution is -2.18. The van der Waals surface area contributed by atoms with Gasteiger partial charge in [-0.2, -0.15) is 5.10 Å². The quantitative estimate of drug-likeness (QED) is 0.849. The number of aromatic nitrogens is 2. The molecule has 0 aliphatic rings. The van der Waals surface area contributed by atoms with E-state index < -0.39 is 11.6 Å². The highest BCUT2D eigenvalue weighted by Gasteiger charge is 2.17. The molecule has 0 aliphatic carbocycles. The van der Waals surface area contributed by atoms with E-state index in [0.717, 1.165) is 23.9 Å². The van der Waals surface area contributed by atoms with Gasteiger partial charge in [-0.15, -0.1) is 12.4 Å². The number of hydrogen-bond acceptors (Lipinski definition) is 3. The van der Waals surface area contributed by atoms with Crippen molar-refractivity contribution in [2.45, 2.75) is 40.5 Å². The minimum atomic E-state index is -0.483. The summed E-state index contributed by atoms with van der Waals surface area (Å²) < 4.78 is 34.4. The Balaban J connectivity index is 0.00000288. The van der Waals surface area contributed by atoms with Crippen molar-refractivity contribution in [3.05, 3.63) is 47.2 Å². The summed E-state index contributed by atoms with van der Waals surface area (Å²) in [4.78, 5) is 0. The molecule has 24 heavy (non-hydrogen) atoms. The zero-order valence-corrected chi connectivity index (χ0v) is 15.2. The highest BCUT2D eigenvalue weighted by Crippen LogP contribution is 2.23. The summed E-state index contributed by atoms with van der Waals surface area (Å²) >= 11 is 0. The molecule has 1 heterocycles. The van der Waals surface area contributed by atoms with Gasteiger partial charge in [0.2, 0.25) is 5.88 Å². The zero-order valence-electron chi connectivity index (χ0n) is 14.4. The van der Waals surface area contributed by atoms with Crippen molar-refractivity contribution in [3.8, 4) is 5.88 Å². The molecule has 0 radical (unpaired) electrons. The molecule has 0 saturated heterocycles. The van der Waals surface area contributed by atoms with Gasteiger partial charge in [0.05, 0.1) is 5.69 Å². The second-order valence-electron chi connectivity index (χ2n) is 6.75. The van der Waals surface area contributed by atoms with Crippen LogP contribution >= 0.6 is 12.4 Å². The molecule has 0 bridgehead atoms. The van der Waals surface area contributed by atoms with Gasteiger partial charge in [0.25, 0.3) is 0 Å². The van der Waals surface area contributed by atoms with E-state index in [1.807, 2.05) is 13.1 Å². The zero-order chi connectivity index (χ0) is 17.0. The van der Waals surface area contributed by atoms with E-state index in [4.69, 9.17) is 4.74 Å². The van der Waals surface area contributed by atoms with E-state index in [1.165, 1.54) is 0 Å². The molecule has 1 aromatic heterocycles. The van der Waals surface area contributed by atoms with Crippen LogP contribution in [0.4, 0.5) is 8.78 Å². The Morgan fingerprint density at radius 2 is 1.92 bits per heavy atom. The fourth-order valence-electron chi connectivity index (χ4n) is 2.20. The first-order chi connectivity index (χ1) is 10.8. The molecule has 0 atom stereocenters. The maximum atomic E-state index is 13.7. The summed E-state index contributed by atoms with van der Waals surface area (Å²) in [5.41, 5.74) is 1.04. The Morgan fingerprint density at radius 3 is 2.54 bits per heavy atom. The minimum absolute atomic E-state index is 0. The van der Waals surface area contributed by atoms with Crippen LogP contribution < -0.4 is 10.1 Å². The smallest absolute Gasteiger partial charge is 0.212 e. The van der Waals surface area contributed by atoms with Crippen LogP contribution in [0.5, 0.6) is 5.88 Å². The van der Waals surface area contributed by atoms with E-state index in [9.17, 15) is 8.78 Å². The van der Waals surface area contributed by atoms with Crippen molar-refractivity contribution in [1.29, 1.82) is 0 Å². The van der Waals surface area contributed by atoms with Crippen molar-refractivity contribution in [2.75, 3.05) is 7.05 Å². The van der Waals surface area contributed by atoms with Gasteiger partial charge in [-0.1, -0.05) is 20.8 Å². The number of rotatable bonds is 6. The maximum absolute atomic E-state index is 13.7. The number of nitrogens with zero attached hydrogens (tertiary/aromatic N) is 2. The number of benzene rings is 1. The van der Waals surface area contributed by atoms with Crippen LogP contribution in [0.2, 0.25) is 0 Å². The van der Waals surface area contributed by atoms with Crippen LogP contribution in [-0.2, 0) is 19.7 Å². The molecule has 1 aromatic carbocycles. The number of halogens is 3. The van der Waals surface area contributed by atoms with Gasteiger partial charge in [-0.25, -0.2) is 13.5 Å². The van der Waals surface area contributed by atoms with Crippen molar-refractivity contribution in [2.24, 2.45) is 5.41 Å². The lowest BCUT2D eigenvalue weighted by atomic mass is 9.97. The third-order valence-corrected chi connectivity index (χ3v) is 3.16. The lowest BCUT2D eigenvalue weighted by Gasteiger charge is -2.19. The van der Waals surface area contributed by atoms with Gasteiger partial charge in [0.15, 0.2) is 0 Å². The van der Waals surface area contributed by atoms with Gasteiger partial charge >= 0.3 is 0 Å². The van der Waals surface area contributed by atoms with E-state index in [-0.39, 0.29) is 30.0 Å². The van der Waals surface area contributed by atoms with Crippen LogP contribution in [-0.4, -0.2) is 16.8 Å². The summed E-state index contributed by atoms with van der Waals surface area (Å²) in [5.74, 6) is -0.415. The summed E-state index contributed by atoms with van der Waals surface area (Å²) in [5, 5.41) is 7.54.